The van der Waals surface area contributed by atoms with Crippen molar-refractivity contribution < 1.29 is 0 Å². The van der Waals surface area contributed by atoms with Gasteiger partial charge in [-0.05, 0) is 44.2 Å². The van der Waals surface area contributed by atoms with Crippen molar-refractivity contribution in [1.29, 1.82) is 0 Å². The van der Waals surface area contributed by atoms with Gasteiger partial charge in [0.05, 0.1) is 5.69 Å². The van der Waals surface area contributed by atoms with E-state index in [1.807, 2.05) is 0 Å². The molecule has 5 nitrogen and oxygen atoms in total. The Kier molecular flexibility index (Phi) is 3.65. The summed E-state index contributed by atoms with van der Waals surface area (Å²) < 4.78 is 0. The molecule has 2 heterocycles. The van der Waals surface area contributed by atoms with Gasteiger partial charge in [-0.2, -0.15) is 4.98 Å². The van der Waals surface area contributed by atoms with Crippen molar-refractivity contribution in [2.24, 2.45) is 5.73 Å². The number of nitrogens with two attached hydrogens (primary N) is 2. The first-order valence-corrected chi connectivity index (χ1v) is 8.49. The molecule has 0 saturated carbocycles. The van der Waals surface area contributed by atoms with Gasteiger partial charge in [0.1, 0.15) is 5.82 Å². The molecule has 1 aromatic heterocycles. The van der Waals surface area contributed by atoms with Gasteiger partial charge >= 0.3 is 0 Å². The Bertz CT molecular complexity index is 727. The standard InChI is InChI=1S/C18H23N5/c19-10-8-13-9-11-23(13)17-15-7-3-5-12-4-1-2-6-14(12)16(15)21-18(20)22-17/h1-2,4,6,13H,3,5,7-11,19H2,(H2,20,21,22). The Hall–Kier alpha value is -2.14. The smallest absolute Gasteiger partial charge is 0.222 e. The van der Waals surface area contributed by atoms with Crippen LogP contribution in [0.25, 0.3) is 11.3 Å². The Morgan fingerprint density at radius 1 is 1.17 bits per heavy atom. The van der Waals surface area contributed by atoms with E-state index in [1.54, 1.807) is 0 Å². The molecule has 1 aromatic carbocycles. The van der Waals surface area contributed by atoms with Crippen LogP contribution < -0.4 is 16.4 Å². The molecular formula is C18H23N5. The van der Waals surface area contributed by atoms with Crippen LogP contribution in [0.1, 0.15) is 30.4 Å². The second kappa shape index (κ2) is 5.81. The highest BCUT2D eigenvalue weighted by atomic mass is 15.3. The van der Waals surface area contributed by atoms with Crippen LogP contribution in [0, 0.1) is 0 Å². The maximum atomic E-state index is 6.05. The van der Waals surface area contributed by atoms with Crippen LogP contribution in [-0.4, -0.2) is 29.1 Å². The zero-order valence-electron chi connectivity index (χ0n) is 13.3. The van der Waals surface area contributed by atoms with Crippen molar-refractivity contribution in [3.05, 3.63) is 35.4 Å². The zero-order chi connectivity index (χ0) is 15.8. The molecule has 4 rings (SSSR count). The molecule has 2 aliphatic rings. The Labute approximate surface area is 136 Å². The predicted octanol–water partition coefficient (Wildman–Crippen LogP) is 2.14. The minimum absolute atomic E-state index is 0.369. The molecule has 1 aliphatic carbocycles. The molecule has 23 heavy (non-hydrogen) atoms. The van der Waals surface area contributed by atoms with Crippen LogP contribution in [0.3, 0.4) is 0 Å². The van der Waals surface area contributed by atoms with Gasteiger partial charge in [0.15, 0.2) is 0 Å². The van der Waals surface area contributed by atoms with E-state index in [0.717, 1.165) is 43.7 Å². The number of fused-ring (bicyclic) bond motifs is 3. The molecule has 2 aromatic rings. The number of hydrogen-bond acceptors (Lipinski definition) is 5. The molecule has 1 aliphatic heterocycles. The third kappa shape index (κ3) is 2.45. The second-order valence-electron chi connectivity index (χ2n) is 6.46. The Morgan fingerprint density at radius 2 is 2.04 bits per heavy atom. The fourth-order valence-corrected chi connectivity index (χ4v) is 3.82. The molecular weight excluding hydrogens is 286 g/mol. The highest BCUT2D eigenvalue weighted by Crippen LogP contribution is 2.38. The van der Waals surface area contributed by atoms with Crippen LogP contribution >= 0.6 is 0 Å². The van der Waals surface area contributed by atoms with E-state index in [-0.39, 0.29) is 0 Å². The highest BCUT2D eigenvalue weighted by molar-refractivity contribution is 5.74. The molecule has 0 amide bonds. The van der Waals surface area contributed by atoms with Gasteiger partial charge in [-0.15, -0.1) is 0 Å². The molecule has 4 N–H and O–H groups in total. The van der Waals surface area contributed by atoms with Gasteiger partial charge in [0, 0.05) is 23.7 Å². The van der Waals surface area contributed by atoms with E-state index < -0.39 is 0 Å². The van der Waals surface area contributed by atoms with Crippen molar-refractivity contribution in [2.75, 3.05) is 23.7 Å². The quantitative estimate of drug-likeness (QED) is 0.908. The van der Waals surface area contributed by atoms with Crippen molar-refractivity contribution >= 4 is 11.8 Å². The van der Waals surface area contributed by atoms with Crippen LogP contribution in [0.5, 0.6) is 0 Å². The number of aryl methyl sites for hydroxylation is 1. The topological polar surface area (TPSA) is 81.1 Å². The van der Waals surface area contributed by atoms with Crippen LogP contribution in [0.15, 0.2) is 24.3 Å². The average molecular weight is 309 g/mol. The molecule has 1 unspecified atom stereocenters. The monoisotopic (exact) mass is 309 g/mol. The lowest BCUT2D eigenvalue weighted by atomic mass is 9.97. The van der Waals surface area contributed by atoms with Gasteiger partial charge < -0.3 is 16.4 Å². The van der Waals surface area contributed by atoms with E-state index in [0.29, 0.717) is 18.5 Å². The molecule has 0 radical (unpaired) electrons. The van der Waals surface area contributed by atoms with E-state index >= 15 is 0 Å². The van der Waals surface area contributed by atoms with Gasteiger partial charge in [-0.3, -0.25) is 0 Å². The summed E-state index contributed by atoms with van der Waals surface area (Å²) in [7, 11) is 0. The molecule has 1 saturated heterocycles. The summed E-state index contributed by atoms with van der Waals surface area (Å²) in [6.45, 7) is 1.75. The second-order valence-corrected chi connectivity index (χ2v) is 6.46. The third-order valence-corrected chi connectivity index (χ3v) is 5.06. The highest BCUT2D eigenvalue weighted by Gasteiger charge is 2.32. The number of nitrogens with zero attached hydrogens (tertiary/aromatic N) is 3. The van der Waals surface area contributed by atoms with Gasteiger partial charge in [-0.1, -0.05) is 24.3 Å². The lowest BCUT2D eigenvalue weighted by molar-refractivity contribution is 0.422. The summed E-state index contributed by atoms with van der Waals surface area (Å²) in [6.07, 6.45) is 5.41. The van der Waals surface area contributed by atoms with Gasteiger partial charge in [0.25, 0.3) is 0 Å². The summed E-state index contributed by atoms with van der Waals surface area (Å²) in [5.41, 5.74) is 16.7. The number of benzene rings is 1. The minimum Gasteiger partial charge on any atom is -0.368 e. The van der Waals surface area contributed by atoms with E-state index in [2.05, 4.69) is 39.1 Å². The average Bonchev–Trinajstić information content (AvgIpc) is 2.71. The summed E-state index contributed by atoms with van der Waals surface area (Å²) in [5.74, 6) is 1.41. The van der Waals surface area contributed by atoms with Gasteiger partial charge in [-0.25, -0.2) is 4.98 Å². The number of aromatic nitrogens is 2. The van der Waals surface area contributed by atoms with Crippen molar-refractivity contribution in [3.8, 4) is 11.3 Å². The zero-order valence-corrected chi connectivity index (χ0v) is 13.3. The minimum atomic E-state index is 0.369. The van der Waals surface area contributed by atoms with E-state index in [9.17, 15) is 0 Å². The lowest BCUT2D eigenvalue weighted by Gasteiger charge is -2.43. The number of hydrogen-bond donors (Lipinski definition) is 2. The summed E-state index contributed by atoms with van der Waals surface area (Å²) in [6, 6.07) is 9.03. The number of nitrogen functional groups attached to an aromatic ring is 1. The Morgan fingerprint density at radius 3 is 2.83 bits per heavy atom. The number of anilines is 2. The van der Waals surface area contributed by atoms with Gasteiger partial charge in [0.2, 0.25) is 5.95 Å². The van der Waals surface area contributed by atoms with Crippen LogP contribution in [-0.2, 0) is 12.8 Å². The molecule has 120 valence electrons. The summed E-state index contributed by atoms with van der Waals surface area (Å²) in [5, 5.41) is 0. The summed E-state index contributed by atoms with van der Waals surface area (Å²) >= 11 is 0. The summed E-state index contributed by atoms with van der Waals surface area (Å²) in [4.78, 5) is 11.6. The SMILES string of the molecule is NCCC1CCN1c1nc(N)nc2c1CCCc1ccccc1-2. The van der Waals surface area contributed by atoms with E-state index in [1.165, 1.54) is 23.1 Å². The Balaban J connectivity index is 1.83. The first kappa shape index (κ1) is 14.5. The molecule has 5 heteroatoms. The van der Waals surface area contributed by atoms with Crippen LogP contribution in [0.2, 0.25) is 0 Å². The molecule has 1 atom stereocenters. The third-order valence-electron chi connectivity index (χ3n) is 5.06. The molecule has 0 bridgehead atoms. The van der Waals surface area contributed by atoms with Crippen molar-refractivity contribution in [1.82, 2.24) is 9.97 Å². The predicted molar refractivity (Wildman–Crippen MR) is 93.3 cm³/mol. The normalized spacial score (nSPS) is 19.5. The maximum Gasteiger partial charge on any atom is 0.222 e. The number of rotatable bonds is 3. The lowest BCUT2D eigenvalue weighted by Crippen LogP contribution is -2.49. The first-order chi connectivity index (χ1) is 11.3. The maximum absolute atomic E-state index is 6.05. The largest absolute Gasteiger partial charge is 0.368 e. The van der Waals surface area contributed by atoms with Crippen molar-refractivity contribution in [2.45, 2.75) is 38.1 Å². The van der Waals surface area contributed by atoms with Crippen molar-refractivity contribution in [3.63, 3.8) is 0 Å². The molecule has 0 spiro atoms. The molecule has 1 fully saturated rings. The first-order valence-electron chi connectivity index (χ1n) is 8.49. The van der Waals surface area contributed by atoms with Crippen LogP contribution in [0.4, 0.5) is 11.8 Å². The fourth-order valence-electron chi connectivity index (χ4n) is 3.82. The van der Waals surface area contributed by atoms with E-state index in [4.69, 9.17) is 11.5 Å². The fraction of sp³-hybridized carbons (Fsp3) is 0.444.